The number of nitrogen functional groups attached to an aromatic ring is 1. The Bertz CT molecular complexity index is 903. The molecule has 0 spiro atoms. The smallest absolute Gasteiger partial charge is 0.203 e. The fourth-order valence-electron chi connectivity index (χ4n) is 3.46. The van der Waals surface area contributed by atoms with Gasteiger partial charge < -0.3 is 15.8 Å². The Labute approximate surface area is 149 Å². The van der Waals surface area contributed by atoms with Crippen LogP contribution >= 0.6 is 0 Å². The lowest BCUT2D eigenvalue weighted by Gasteiger charge is -2.30. The number of nitrogens with two attached hydrogens (primary N) is 1. The molecule has 1 unspecified atom stereocenters. The lowest BCUT2D eigenvalue weighted by molar-refractivity contribution is -0.519. The van der Waals surface area contributed by atoms with Gasteiger partial charge in [-0.15, -0.1) is 0 Å². The number of fused-ring (bicyclic) bond motifs is 4. The molecule has 1 atom stereocenters. The molecule has 1 aliphatic heterocycles. The first-order valence-electron chi connectivity index (χ1n) is 8.48. The second-order valence-electron chi connectivity index (χ2n) is 6.11. The van der Waals surface area contributed by atoms with Crippen molar-refractivity contribution in [3.63, 3.8) is 0 Å². The topological polar surface area (TPSA) is 50.3 Å². The zero-order valence-corrected chi connectivity index (χ0v) is 14.0. The summed E-state index contributed by atoms with van der Waals surface area (Å²) in [6.07, 6.45) is 6.46. The minimum Gasteiger partial charge on any atom is -0.457 e. The largest absolute Gasteiger partial charge is 0.457 e. The Morgan fingerprint density at radius 3 is 2.60 bits per heavy atom. The molecule has 1 aliphatic carbocycles. The monoisotopic (exact) mass is 336 g/mol. The summed E-state index contributed by atoms with van der Waals surface area (Å²) in [5.41, 5.74) is 9.15. The highest BCUT2D eigenvalue weighted by atomic mass is 16.5. The molecule has 130 valence electrons. The van der Waals surface area contributed by atoms with Crippen LogP contribution < -0.4 is 15.8 Å². The van der Waals surface area contributed by atoms with Crippen molar-refractivity contribution in [1.82, 2.24) is 0 Å². The quantitative estimate of drug-likeness (QED) is 0.639. The molecular formula is C21H26N3O+. The molecule has 0 fully saturated rings. The second kappa shape index (κ2) is 6.63. The molecule has 2 aliphatic rings. The highest BCUT2D eigenvalue weighted by molar-refractivity contribution is 6.06. The zero-order valence-electron chi connectivity index (χ0n) is 14.0. The van der Waals surface area contributed by atoms with E-state index in [0.717, 1.165) is 46.7 Å². The van der Waals surface area contributed by atoms with Crippen LogP contribution in [0.4, 0.5) is 11.4 Å². The van der Waals surface area contributed by atoms with E-state index in [1.54, 1.807) is 0 Å². The van der Waals surface area contributed by atoms with Gasteiger partial charge in [0.1, 0.15) is 24.9 Å². The highest BCUT2D eigenvalue weighted by Crippen LogP contribution is 2.42. The van der Waals surface area contributed by atoms with Gasteiger partial charge in [-0.2, -0.15) is 0 Å². The number of ether oxygens (including phenoxy) is 1. The first kappa shape index (κ1) is 17.1. The second-order valence-corrected chi connectivity index (χ2v) is 6.11. The van der Waals surface area contributed by atoms with E-state index in [2.05, 4.69) is 48.0 Å². The number of allylic oxidation sites excluding steroid dienone is 2. The van der Waals surface area contributed by atoms with Gasteiger partial charge in [0.15, 0.2) is 5.75 Å². The molecule has 4 nitrogen and oxygen atoms in total. The average molecular weight is 336 g/mol. The van der Waals surface area contributed by atoms with Crippen molar-refractivity contribution in [1.29, 1.82) is 0 Å². The van der Waals surface area contributed by atoms with Crippen molar-refractivity contribution in [3.8, 4) is 5.75 Å². The molecule has 0 bridgehead atoms. The van der Waals surface area contributed by atoms with Gasteiger partial charge in [0, 0.05) is 28.6 Å². The van der Waals surface area contributed by atoms with E-state index >= 15 is 0 Å². The van der Waals surface area contributed by atoms with E-state index in [9.17, 15) is 0 Å². The molecule has 2 aromatic rings. The van der Waals surface area contributed by atoms with Gasteiger partial charge in [0.2, 0.25) is 5.71 Å². The maximum absolute atomic E-state index is 6.21. The van der Waals surface area contributed by atoms with E-state index in [-0.39, 0.29) is 13.5 Å². The maximum Gasteiger partial charge on any atom is 0.203 e. The zero-order chi connectivity index (χ0) is 16.7. The molecule has 0 saturated carbocycles. The van der Waals surface area contributed by atoms with Crippen LogP contribution in [0, 0.1) is 0 Å². The first-order chi connectivity index (χ1) is 11.7. The van der Waals surface area contributed by atoms with Crippen LogP contribution in [0.25, 0.3) is 10.8 Å². The number of anilines is 2. The van der Waals surface area contributed by atoms with Crippen molar-refractivity contribution >= 4 is 27.9 Å². The molecule has 25 heavy (non-hydrogen) atoms. The van der Waals surface area contributed by atoms with Gasteiger partial charge >= 0.3 is 0 Å². The standard InChI is InChI=1S/C20H22N3O.CH4/c1-3-23(4-2)13-9-10-17-18(11-13)24-19-12-16(21)14-7-5-6-8-15(14)20(19)22-17;/h5-12,17,22H,3-4,21H2,1-2H3;1H4/q+1;. The van der Waals surface area contributed by atoms with Gasteiger partial charge in [-0.3, -0.25) is 0 Å². The summed E-state index contributed by atoms with van der Waals surface area (Å²) in [7, 11) is 0. The van der Waals surface area contributed by atoms with E-state index in [1.807, 2.05) is 24.3 Å². The van der Waals surface area contributed by atoms with E-state index in [1.165, 1.54) is 5.71 Å². The molecule has 4 rings (SSSR count). The molecule has 0 aromatic heterocycles. The lowest BCUT2D eigenvalue weighted by Crippen LogP contribution is -2.32. The van der Waals surface area contributed by atoms with Crippen LogP contribution in [0.2, 0.25) is 0 Å². The predicted molar refractivity (Wildman–Crippen MR) is 107 cm³/mol. The number of rotatable bonds is 2. The third kappa shape index (κ3) is 2.78. The minimum atomic E-state index is 0. The Morgan fingerprint density at radius 1 is 1.16 bits per heavy atom. The van der Waals surface area contributed by atoms with Crippen LogP contribution in [0.3, 0.4) is 0 Å². The fourth-order valence-corrected chi connectivity index (χ4v) is 3.46. The minimum absolute atomic E-state index is 0. The third-order valence-corrected chi connectivity index (χ3v) is 4.75. The highest BCUT2D eigenvalue weighted by Gasteiger charge is 2.28. The number of hydrogen-bond acceptors (Lipinski definition) is 3. The lowest BCUT2D eigenvalue weighted by atomic mass is 10.0. The third-order valence-electron chi connectivity index (χ3n) is 4.75. The number of hydrogen-bond donors (Lipinski definition) is 2. The van der Waals surface area contributed by atoms with Crippen molar-refractivity contribution < 1.29 is 9.31 Å². The number of nitrogens with zero attached hydrogens (tertiary/aromatic N) is 1. The van der Waals surface area contributed by atoms with Crippen LogP contribution in [-0.2, 0) is 0 Å². The summed E-state index contributed by atoms with van der Waals surface area (Å²) in [6, 6.07) is 10.1. The summed E-state index contributed by atoms with van der Waals surface area (Å²) < 4.78 is 8.53. The fraction of sp³-hybridized carbons (Fsp3) is 0.286. The van der Waals surface area contributed by atoms with Gasteiger partial charge in [0.25, 0.3) is 0 Å². The summed E-state index contributed by atoms with van der Waals surface area (Å²) in [4.78, 5) is 0. The van der Waals surface area contributed by atoms with Crippen LogP contribution in [0.1, 0.15) is 21.3 Å². The van der Waals surface area contributed by atoms with Crippen LogP contribution in [-0.4, -0.2) is 29.4 Å². The normalized spacial score (nSPS) is 17.6. The Morgan fingerprint density at radius 2 is 1.88 bits per heavy atom. The molecule has 3 N–H and O–H groups in total. The summed E-state index contributed by atoms with van der Waals surface area (Å²) >= 11 is 0. The van der Waals surface area contributed by atoms with Crippen molar-refractivity contribution in [3.05, 3.63) is 54.3 Å². The molecule has 4 heteroatoms. The molecule has 1 heterocycles. The van der Waals surface area contributed by atoms with Crippen molar-refractivity contribution in [2.24, 2.45) is 0 Å². The molecule has 0 radical (unpaired) electrons. The Hall–Kier alpha value is -2.75. The predicted octanol–water partition coefficient (Wildman–Crippen LogP) is 4.18. The molecule has 0 amide bonds. The summed E-state index contributed by atoms with van der Waals surface area (Å²) in [5.74, 6) is 1.71. The van der Waals surface area contributed by atoms with Gasteiger partial charge in [-0.05, 0) is 19.9 Å². The average Bonchev–Trinajstić information content (AvgIpc) is 2.62. The van der Waals surface area contributed by atoms with Crippen LogP contribution in [0.15, 0.2) is 54.3 Å². The van der Waals surface area contributed by atoms with Crippen molar-refractivity contribution in [2.45, 2.75) is 27.3 Å². The van der Waals surface area contributed by atoms with E-state index in [0.29, 0.717) is 0 Å². The molecular weight excluding hydrogens is 310 g/mol. The summed E-state index contributed by atoms with van der Waals surface area (Å²) in [5, 5.41) is 5.74. The molecule has 0 saturated heterocycles. The first-order valence-corrected chi connectivity index (χ1v) is 8.48. The van der Waals surface area contributed by atoms with E-state index < -0.39 is 0 Å². The van der Waals surface area contributed by atoms with Gasteiger partial charge in [0.05, 0.1) is 11.8 Å². The van der Waals surface area contributed by atoms with Crippen LogP contribution in [0.5, 0.6) is 5.75 Å². The van der Waals surface area contributed by atoms with Crippen molar-refractivity contribution in [2.75, 3.05) is 24.1 Å². The number of benzene rings is 2. The number of nitrogens with one attached hydrogen (secondary N) is 1. The Kier molecular flexibility index (Phi) is 4.53. The molecule has 2 aromatic carbocycles. The maximum atomic E-state index is 6.21. The summed E-state index contributed by atoms with van der Waals surface area (Å²) in [6.45, 7) is 6.28. The SMILES string of the molecule is C.CC[N+](CC)=C1C=CC2Nc3c(cc(N)c4ccccc34)OC2=C1. The van der Waals surface area contributed by atoms with Gasteiger partial charge in [-0.1, -0.05) is 31.7 Å². The Balaban J connectivity index is 0.00000182. The van der Waals surface area contributed by atoms with E-state index in [4.69, 9.17) is 10.5 Å². The van der Waals surface area contributed by atoms with Gasteiger partial charge in [-0.25, -0.2) is 4.58 Å².